The van der Waals surface area contributed by atoms with E-state index in [9.17, 15) is 4.79 Å². The number of carbonyl (C=O) groups excluding carboxylic acids is 1. The Morgan fingerprint density at radius 2 is 2.20 bits per heavy atom. The Hall–Kier alpha value is -2.15. The third-order valence-electron chi connectivity index (χ3n) is 3.44. The Kier molecular flexibility index (Phi) is 4.52. The standard InChI is InChI=1S/C13H18N4O3/c1-17(10-4-6-20-7-5-10)13(18)11-3-2-9(8-15-11)12(14)16-19/h2-3,8,10,19H,4-7H2,1H3,(H2,14,16). The molecule has 0 bridgehead atoms. The van der Waals surface area contributed by atoms with E-state index < -0.39 is 0 Å². The zero-order chi connectivity index (χ0) is 14.5. The summed E-state index contributed by atoms with van der Waals surface area (Å²) in [6.45, 7) is 1.36. The molecule has 0 aromatic carbocycles. The number of amidine groups is 1. The van der Waals surface area contributed by atoms with E-state index in [1.807, 2.05) is 0 Å². The molecule has 1 aliphatic heterocycles. The molecule has 20 heavy (non-hydrogen) atoms. The zero-order valence-corrected chi connectivity index (χ0v) is 11.3. The highest BCUT2D eigenvalue weighted by Crippen LogP contribution is 2.15. The lowest BCUT2D eigenvalue weighted by Crippen LogP contribution is -2.40. The van der Waals surface area contributed by atoms with Crippen molar-refractivity contribution >= 4 is 11.7 Å². The molecule has 0 atom stereocenters. The Morgan fingerprint density at radius 1 is 1.50 bits per heavy atom. The number of carbonyl (C=O) groups is 1. The highest BCUT2D eigenvalue weighted by Gasteiger charge is 2.24. The number of rotatable bonds is 3. The molecule has 0 unspecified atom stereocenters. The average molecular weight is 278 g/mol. The van der Waals surface area contributed by atoms with Crippen LogP contribution in [0.2, 0.25) is 0 Å². The fraction of sp³-hybridized carbons (Fsp3) is 0.462. The predicted molar refractivity (Wildman–Crippen MR) is 72.7 cm³/mol. The van der Waals surface area contributed by atoms with Gasteiger partial charge in [0.2, 0.25) is 0 Å². The second kappa shape index (κ2) is 6.33. The molecule has 1 aliphatic rings. The number of nitrogens with two attached hydrogens (primary N) is 1. The molecular formula is C13H18N4O3. The molecule has 1 saturated heterocycles. The van der Waals surface area contributed by atoms with Gasteiger partial charge in [0.05, 0.1) is 0 Å². The molecule has 7 heteroatoms. The summed E-state index contributed by atoms with van der Waals surface area (Å²) < 4.78 is 5.29. The minimum Gasteiger partial charge on any atom is -0.409 e. The molecule has 1 amide bonds. The molecule has 0 radical (unpaired) electrons. The molecule has 1 aromatic rings. The second-order valence-electron chi connectivity index (χ2n) is 4.68. The van der Waals surface area contributed by atoms with Crippen molar-refractivity contribution in [3.8, 4) is 0 Å². The van der Waals surface area contributed by atoms with E-state index in [0.29, 0.717) is 24.5 Å². The first-order valence-electron chi connectivity index (χ1n) is 6.42. The van der Waals surface area contributed by atoms with Crippen LogP contribution in [0.5, 0.6) is 0 Å². The van der Waals surface area contributed by atoms with Crippen molar-refractivity contribution in [3.05, 3.63) is 29.6 Å². The average Bonchev–Trinajstić information content (AvgIpc) is 2.53. The molecule has 1 fully saturated rings. The van der Waals surface area contributed by atoms with Gasteiger partial charge in [-0.2, -0.15) is 0 Å². The Bertz CT molecular complexity index is 495. The van der Waals surface area contributed by atoms with Crippen LogP contribution in [0, 0.1) is 0 Å². The van der Waals surface area contributed by atoms with Gasteiger partial charge in [-0.15, -0.1) is 0 Å². The molecule has 2 rings (SSSR count). The summed E-state index contributed by atoms with van der Waals surface area (Å²) in [5.74, 6) is -0.169. The zero-order valence-electron chi connectivity index (χ0n) is 11.3. The van der Waals surface area contributed by atoms with Crippen LogP contribution in [0.25, 0.3) is 0 Å². The molecule has 0 spiro atoms. The minimum absolute atomic E-state index is 0.0331. The molecule has 0 aliphatic carbocycles. The Labute approximate surface area is 117 Å². The van der Waals surface area contributed by atoms with E-state index in [2.05, 4.69) is 10.1 Å². The Balaban J connectivity index is 2.08. The predicted octanol–water partition coefficient (Wildman–Crippen LogP) is 0.427. The van der Waals surface area contributed by atoms with Crippen molar-refractivity contribution < 1.29 is 14.7 Å². The number of ether oxygens (including phenoxy) is 1. The van der Waals surface area contributed by atoms with Gasteiger partial charge in [0.15, 0.2) is 5.84 Å². The van der Waals surface area contributed by atoms with Crippen LogP contribution in [-0.2, 0) is 4.74 Å². The summed E-state index contributed by atoms with van der Waals surface area (Å²) in [6, 6.07) is 3.36. The van der Waals surface area contributed by atoms with Gasteiger partial charge in [-0.25, -0.2) is 0 Å². The van der Waals surface area contributed by atoms with Gasteiger partial charge in [-0.05, 0) is 25.0 Å². The monoisotopic (exact) mass is 278 g/mol. The molecule has 2 heterocycles. The summed E-state index contributed by atoms with van der Waals surface area (Å²) in [6.07, 6.45) is 3.09. The first-order chi connectivity index (χ1) is 9.63. The van der Waals surface area contributed by atoms with Crippen LogP contribution < -0.4 is 5.73 Å². The quantitative estimate of drug-likeness (QED) is 0.361. The van der Waals surface area contributed by atoms with Crippen molar-refractivity contribution in [2.24, 2.45) is 10.9 Å². The largest absolute Gasteiger partial charge is 0.409 e. The number of aromatic nitrogens is 1. The van der Waals surface area contributed by atoms with Gasteiger partial charge >= 0.3 is 0 Å². The number of hydrogen-bond donors (Lipinski definition) is 2. The van der Waals surface area contributed by atoms with Gasteiger partial charge in [0.25, 0.3) is 5.91 Å². The third-order valence-corrected chi connectivity index (χ3v) is 3.44. The summed E-state index contributed by atoms with van der Waals surface area (Å²) in [5, 5.41) is 11.5. The highest BCUT2D eigenvalue weighted by atomic mass is 16.5. The SMILES string of the molecule is CN(C(=O)c1ccc(C(N)=NO)cn1)C1CCOCC1. The molecule has 108 valence electrons. The van der Waals surface area contributed by atoms with Crippen LogP contribution in [0.1, 0.15) is 28.9 Å². The summed E-state index contributed by atoms with van der Waals surface area (Å²) in [4.78, 5) is 18.1. The topological polar surface area (TPSA) is 101 Å². The van der Waals surface area contributed by atoms with Crippen LogP contribution in [0.3, 0.4) is 0 Å². The van der Waals surface area contributed by atoms with Gasteiger partial charge in [0.1, 0.15) is 5.69 Å². The van der Waals surface area contributed by atoms with Crippen molar-refractivity contribution in [2.75, 3.05) is 20.3 Å². The summed E-state index contributed by atoms with van der Waals surface area (Å²) in [7, 11) is 1.78. The molecule has 3 N–H and O–H groups in total. The molecule has 7 nitrogen and oxygen atoms in total. The Morgan fingerprint density at radius 3 is 2.75 bits per heavy atom. The number of nitrogens with zero attached hydrogens (tertiary/aromatic N) is 3. The lowest BCUT2D eigenvalue weighted by Gasteiger charge is -2.31. The highest BCUT2D eigenvalue weighted by molar-refractivity contribution is 5.98. The minimum atomic E-state index is -0.136. The number of amides is 1. The van der Waals surface area contributed by atoms with E-state index in [1.54, 1.807) is 24.1 Å². The first kappa shape index (κ1) is 14.3. The second-order valence-corrected chi connectivity index (χ2v) is 4.68. The van der Waals surface area contributed by atoms with Gasteiger partial charge < -0.3 is 20.6 Å². The van der Waals surface area contributed by atoms with Crippen molar-refractivity contribution in [1.82, 2.24) is 9.88 Å². The van der Waals surface area contributed by atoms with E-state index >= 15 is 0 Å². The molecular weight excluding hydrogens is 260 g/mol. The van der Waals surface area contributed by atoms with Crippen LogP contribution in [0.15, 0.2) is 23.5 Å². The van der Waals surface area contributed by atoms with Crippen molar-refractivity contribution in [2.45, 2.75) is 18.9 Å². The van der Waals surface area contributed by atoms with E-state index in [-0.39, 0.29) is 17.8 Å². The van der Waals surface area contributed by atoms with E-state index in [0.717, 1.165) is 12.8 Å². The van der Waals surface area contributed by atoms with Gasteiger partial charge in [-0.1, -0.05) is 5.16 Å². The summed E-state index contributed by atoms with van der Waals surface area (Å²) >= 11 is 0. The van der Waals surface area contributed by atoms with E-state index in [4.69, 9.17) is 15.7 Å². The fourth-order valence-corrected chi connectivity index (χ4v) is 2.15. The van der Waals surface area contributed by atoms with E-state index in [1.165, 1.54) is 6.20 Å². The lowest BCUT2D eigenvalue weighted by molar-refractivity contribution is 0.0359. The third kappa shape index (κ3) is 3.05. The van der Waals surface area contributed by atoms with Crippen molar-refractivity contribution in [1.29, 1.82) is 0 Å². The van der Waals surface area contributed by atoms with Gasteiger partial charge in [0, 0.05) is 38.1 Å². The number of hydrogen-bond acceptors (Lipinski definition) is 5. The van der Waals surface area contributed by atoms with Gasteiger partial charge in [-0.3, -0.25) is 9.78 Å². The van der Waals surface area contributed by atoms with Crippen LogP contribution in [-0.4, -0.2) is 53.1 Å². The maximum atomic E-state index is 12.3. The van der Waals surface area contributed by atoms with Crippen molar-refractivity contribution in [3.63, 3.8) is 0 Å². The molecule has 1 aromatic heterocycles. The number of pyridine rings is 1. The maximum Gasteiger partial charge on any atom is 0.272 e. The molecule has 0 saturated carbocycles. The first-order valence-corrected chi connectivity index (χ1v) is 6.42. The summed E-state index contributed by atoms with van der Waals surface area (Å²) in [5.41, 5.74) is 6.26. The lowest BCUT2D eigenvalue weighted by atomic mass is 10.1. The van der Waals surface area contributed by atoms with Crippen LogP contribution in [0.4, 0.5) is 0 Å². The number of oxime groups is 1. The smallest absolute Gasteiger partial charge is 0.272 e. The normalized spacial score (nSPS) is 16.9. The fourth-order valence-electron chi connectivity index (χ4n) is 2.15. The maximum absolute atomic E-state index is 12.3. The van der Waals surface area contributed by atoms with Crippen LogP contribution >= 0.6 is 0 Å².